The fraction of sp³-hybridized carbons (Fsp3) is 0.333. The largest absolute Gasteiger partial charge is 0.493 e. The van der Waals surface area contributed by atoms with E-state index >= 15 is 0 Å². The van der Waals surface area contributed by atoms with Crippen LogP contribution in [0.4, 0.5) is 0 Å². The molecule has 1 aliphatic rings. The van der Waals surface area contributed by atoms with Crippen LogP contribution in [0.3, 0.4) is 0 Å². The van der Waals surface area contributed by atoms with Gasteiger partial charge in [0, 0.05) is 22.7 Å². The van der Waals surface area contributed by atoms with E-state index in [1.54, 1.807) is 0 Å². The number of rotatable bonds is 3. The Morgan fingerprint density at radius 3 is 2.58 bits per heavy atom. The average molecular weight is 327 g/mol. The molecular formula is C9H11ClN2O5S2. The van der Waals surface area contributed by atoms with Crippen LogP contribution in [-0.2, 0) is 19.3 Å². The first-order valence-corrected chi connectivity index (χ1v) is 9.04. The van der Waals surface area contributed by atoms with Crippen LogP contribution in [0, 0.1) is 0 Å². The summed E-state index contributed by atoms with van der Waals surface area (Å²) in [5.74, 6) is 0.400. The van der Waals surface area contributed by atoms with Gasteiger partial charge in [0.05, 0.1) is 17.5 Å². The molecule has 1 unspecified atom stereocenters. The molecule has 0 saturated heterocycles. The Morgan fingerprint density at radius 1 is 1.32 bits per heavy atom. The van der Waals surface area contributed by atoms with Crippen LogP contribution in [0.25, 0.3) is 0 Å². The van der Waals surface area contributed by atoms with Crippen LogP contribution in [0.5, 0.6) is 5.75 Å². The summed E-state index contributed by atoms with van der Waals surface area (Å²) in [7, 11) is -2.55. The Labute approximate surface area is 115 Å². The van der Waals surface area contributed by atoms with Crippen LogP contribution in [0.1, 0.15) is 18.0 Å². The highest BCUT2D eigenvalue weighted by molar-refractivity contribution is 8.13. The van der Waals surface area contributed by atoms with Gasteiger partial charge in [0.25, 0.3) is 19.3 Å². The van der Waals surface area contributed by atoms with Gasteiger partial charge in [0.1, 0.15) is 5.75 Å². The van der Waals surface area contributed by atoms with Crippen molar-refractivity contribution < 1.29 is 21.6 Å². The maximum absolute atomic E-state index is 11.3. The Balaban J connectivity index is 2.47. The van der Waals surface area contributed by atoms with Crippen LogP contribution in [0.2, 0.25) is 0 Å². The van der Waals surface area contributed by atoms with E-state index in [-0.39, 0.29) is 4.90 Å². The summed E-state index contributed by atoms with van der Waals surface area (Å²) in [5.41, 5.74) is 0.391. The van der Waals surface area contributed by atoms with Gasteiger partial charge in [-0.3, -0.25) is 0 Å². The molecule has 0 aliphatic carbocycles. The van der Waals surface area contributed by atoms with Crippen molar-refractivity contribution in [1.82, 2.24) is 4.72 Å². The molecule has 1 aromatic rings. The van der Waals surface area contributed by atoms with Crippen molar-refractivity contribution >= 4 is 29.9 Å². The molecule has 1 atom stereocenters. The van der Waals surface area contributed by atoms with Gasteiger partial charge >= 0.3 is 0 Å². The fourth-order valence-electron chi connectivity index (χ4n) is 1.84. The first-order chi connectivity index (χ1) is 8.67. The highest BCUT2D eigenvalue weighted by Crippen LogP contribution is 2.34. The Hall–Kier alpha value is -0.870. The van der Waals surface area contributed by atoms with Crippen molar-refractivity contribution in [2.45, 2.75) is 17.4 Å². The quantitative estimate of drug-likeness (QED) is 0.771. The molecule has 3 N–H and O–H groups in total. The van der Waals surface area contributed by atoms with Crippen molar-refractivity contribution in [2.24, 2.45) is 5.14 Å². The molecule has 1 heterocycles. The normalized spacial score (nSPS) is 19.6. The summed E-state index contributed by atoms with van der Waals surface area (Å²) in [6.07, 6.45) is 0.342. The monoisotopic (exact) mass is 326 g/mol. The van der Waals surface area contributed by atoms with Gasteiger partial charge in [0.15, 0.2) is 0 Å². The maximum atomic E-state index is 11.3. The van der Waals surface area contributed by atoms with Gasteiger partial charge in [-0.1, -0.05) is 0 Å². The molecule has 19 heavy (non-hydrogen) atoms. The SMILES string of the molecule is NS(=O)(=O)NC1CCOc2ccc(S(=O)(=O)Cl)cc21. The lowest BCUT2D eigenvalue weighted by Gasteiger charge is -2.26. The number of hydrogen-bond donors (Lipinski definition) is 2. The third-order valence-electron chi connectivity index (χ3n) is 2.61. The molecule has 0 radical (unpaired) electrons. The van der Waals surface area contributed by atoms with E-state index in [0.717, 1.165) is 0 Å². The maximum Gasteiger partial charge on any atom is 0.274 e. The van der Waals surface area contributed by atoms with E-state index in [1.165, 1.54) is 18.2 Å². The topological polar surface area (TPSA) is 116 Å². The second-order valence-electron chi connectivity index (χ2n) is 3.99. The first kappa shape index (κ1) is 14.5. The van der Waals surface area contributed by atoms with Crippen LogP contribution in [0.15, 0.2) is 23.1 Å². The minimum atomic E-state index is -3.90. The molecule has 0 aromatic heterocycles. The second-order valence-corrected chi connectivity index (χ2v) is 7.88. The van der Waals surface area contributed by atoms with Crippen molar-refractivity contribution in [1.29, 1.82) is 0 Å². The Morgan fingerprint density at radius 2 is 2.00 bits per heavy atom. The Kier molecular flexibility index (Phi) is 3.76. The third-order valence-corrected chi connectivity index (χ3v) is 4.57. The summed E-state index contributed by atoms with van der Waals surface area (Å²) >= 11 is 0. The lowest BCUT2D eigenvalue weighted by atomic mass is 10.0. The van der Waals surface area contributed by atoms with Crippen LogP contribution >= 0.6 is 10.7 Å². The molecule has 0 bridgehead atoms. The summed E-state index contributed by atoms with van der Waals surface area (Å²) in [5, 5.41) is 4.92. The molecule has 0 spiro atoms. The minimum Gasteiger partial charge on any atom is -0.493 e. The minimum absolute atomic E-state index is 0.125. The Bertz CT molecular complexity index is 701. The molecule has 10 heteroatoms. The zero-order valence-corrected chi connectivity index (χ0v) is 11.9. The molecule has 106 valence electrons. The van der Waals surface area contributed by atoms with Crippen LogP contribution in [-0.4, -0.2) is 23.4 Å². The van der Waals surface area contributed by atoms with Crippen molar-refractivity contribution in [3.63, 3.8) is 0 Å². The predicted octanol–water partition coefficient (Wildman–Crippen LogP) is 0.231. The molecule has 1 aliphatic heterocycles. The molecule has 0 fully saturated rings. The van der Waals surface area contributed by atoms with Gasteiger partial charge < -0.3 is 4.74 Å². The van der Waals surface area contributed by atoms with Crippen LogP contribution < -0.4 is 14.6 Å². The predicted molar refractivity (Wildman–Crippen MR) is 68.6 cm³/mol. The van der Waals surface area contributed by atoms with E-state index in [0.29, 0.717) is 24.3 Å². The molecule has 0 amide bonds. The van der Waals surface area contributed by atoms with Gasteiger partial charge in [-0.25, -0.2) is 13.6 Å². The lowest BCUT2D eigenvalue weighted by Crippen LogP contribution is -2.36. The number of nitrogens with one attached hydrogen (secondary N) is 1. The molecule has 0 saturated carbocycles. The second kappa shape index (κ2) is 4.91. The van der Waals surface area contributed by atoms with Crippen molar-refractivity contribution in [2.75, 3.05) is 6.61 Å². The van der Waals surface area contributed by atoms with E-state index < -0.39 is 25.3 Å². The van der Waals surface area contributed by atoms with E-state index in [4.69, 9.17) is 20.6 Å². The van der Waals surface area contributed by atoms with E-state index in [1.807, 2.05) is 0 Å². The number of nitrogens with two attached hydrogens (primary N) is 1. The summed E-state index contributed by atoms with van der Waals surface area (Å²) < 4.78 is 52.2. The molecular weight excluding hydrogens is 316 g/mol. The molecule has 1 aromatic carbocycles. The first-order valence-electron chi connectivity index (χ1n) is 5.18. The van der Waals surface area contributed by atoms with E-state index in [9.17, 15) is 16.8 Å². The summed E-state index contributed by atoms with van der Waals surface area (Å²) in [4.78, 5) is -0.125. The number of fused-ring (bicyclic) bond motifs is 1. The number of ether oxygens (including phenoxy) is 1. The highest BCUT2D eigenvalue weighted by atomic mass is 35.7. The average Bonchev–Trinajstić information content (AvgIpc) is 2.25. The number of halogens is 1. The lowest BCUT2D eigenvalue weighted by molar-refractivity contribution is 0.262. The van der Waals surface area contributed by atoms with Crippen molar-refractivity contribution in [3.05, 3.63) is 23.8 Å². The summed E-state index contributed by atoms with van der Waals surface area (Å²) in [6, 6.07) is 3.36. The number of hydrogen-bond acceptors (Lipinski definition) is 5. The zero-order chi connectivity index (χ0) is 14.3. The van der Waals surface area contributed by atoms with Gasteiger partial charge in [0.2, 0.25) is 0 Å². The van der Waals surface area contributed by atoms with Crippen molar-refractivity contribution in [3.8, 4) is 5.75 Å². The van der Waals surface area contributed by atoms with E-state index in [2.05, 4.69) is 4.72 Å². The third kappa shape index (κ3) is 3.57. The van der Waals surface area contributed by atoms with Gasteiger partial charge in [-0.05, 0) is 18.2 Å². The molecule has 2 rings (SSSR count). The van der Waals surface area contributed by atoms with Gasteiger partial charge in [-0.15, -0.1) is 0 Å². The molecule has 7 nitrogen and oxygen atoms in total. The fourth-order valence-corrected chi connectivity index (χ4v) is 3.27. The van der Waals surface area contributed by atoms with Gasteiger partial charge in [-0.2, -0.15) is 13.1 Å². The zero-order valence-electron chi connectivity index (χ0n) is 9.54. The smallest absolute Gasteiger partial charge is 0.274 e. The number of benzene rings is 1. The highest BCUT2D eigenvalue weighted by Gasteiger charge is 2.26. The standard InChI is InChI=1S/C9H11ClN2O5S2/c10-18(13,14)6-1-2-9-7(5-6)8(3-4-17-9)12-19(11,15)16/h1-2,5,8,12H,3-4H2,(H2,11,15,16). The summed E-state index contributed by atoms with van der Waals surface area (Å²) in [6.45, 7) is 0.299.